The molecule has 0 bridgehead atoms. The topological polar surface area (TPSA) is 56.5 Å². The van der Waals surface area contributed by atoms with E-state index in [1.165, 1.54) is 12.1 Å². The second-order valence-electron chi connectivity index (χ2n) is 5.02. The van der Waals surface area contributed by atoms with E-state index in [1.807, 2.05) is 12.1 Å². The average Bonchev–Trinajstić information content (AvgIpc) is 2.54. The fourth-order valence-corrected chi connectivity index (χ4v) is 3.09. The Bertz CT molecular complexity index is 969. The Kier molecular flexibility index (Phi) is 4.60. The van der Waals surface area contributed by atoms with Crippen molar-refractivity contribution in [2.45, 2.75) is 6.92 Å². The highest BCUT2D eigenvalue weighted by Crippen LogP contribution is 2.35. The van der Waals surface area contributed by atoms with Gasteiger partial charge in [0.05, 0.1) is 27.8 Å². The quantitative estimate of drug-likeness (QED) is 0.488. The molecule has 6 heteroatoms. The Morgan fingerprint density at radius 2 is 1.79 bits per heavy atom. The number of carbonyl (C=O) groups is 1. The molecule has 1 heterocycles. The van der Waals surface area contributed by atoms with Gasteiger partial charge in [0.25, 0.3) is 0 Å². The Morgan fingerprint density at radius 1 is 1.12 bits per heavy atom. The minimum absolute atomic E-state index is 0.174. The molecule has 0 aliphatic carbocycles. The molecule has 0 saturated heterocycles. The monoisotopic (exact) mass is 362 g/mol. The van der Waals surface area contributed by atoms with E-state index in [0.29, 0.717) is 11.1 Å². The van der Waals surface area contributed by atoms with Gasteiger partial charge in [-0.15, -0.1) is 0 Å². The number of fused-ring (bicyclic) bond motifs is 1. The van der Waals surface area contributed by atoms with Gasteiger partial charge in [-0.2, -0.15) is 0 Å². The van der Waals surface area contributed by atoms with E-state index in [2.05, 4.69) is 0 Å². The summed E-state index contributed by atoms with van der Waals surface area (Å²) in [5, 5.41) is 1.09. The molecule has 0 unspecified atom stereocenters. The van der Waals surface area contributed by atoms with Crippen LogP contribution >= 0.6 is 23.2 Å². The molecule has 0 amide bonds. The molecule has 0 spiro atoms. The highest BCUT2D eigenvalue weighted by molar-refractivity contribution is 6.39. The molecule has 0 fully saturated rings. The van der Waals surface area contributed by atoms with Gasteiger partial charge in [-0.1, -0.05) is 41.4 Å². The lowest BCUT2D eigenvalue weighted by Crippen LogP contribution is -2.07. The summed E-state index contributed by atoms with van der Waals surface area (Å²) in [7, 11) is 0. The first kappa shape index (κ1) is 16.6. The third-order valence-corrected chi connectivity index (χ3v) is 4.06. The molecule has 4 nitrogen and oxygen atoms in total. The van der Waals surface area contributed by atoms with Crippen LogP contribution in [0.4, 0.5) is 0 Å². The Labute approximate surface area is 147 Å². The molecular weight excluding hydrogens is 351 g/mol. The fourth-order valence-electron chi connectivity index (χ4n) is 2.40. The predicted molar refractivity (Wildman–Crippen MR) is 93.9 cm³/mol. The standard InChI is InChI=1S/C18H12Cl2O4/c1-2-23-17(21)11-8-13(19)16(14(20)9-11)12-7-10-5-3-4-6-15(10)24-18(12)22/h3-9H,2H2,1H3. The molecule has 0 radical (unpaired) electrons. The van der Waals surface area contributed by atoms with Crippen LogP contribution < -0.4 is 5.63 Å². The highest BCUT2D eigenvalue weighted by atomic mass is 35.5. The van der Waals surface area contributed by atoms with Crippen LogP contribution in [0.1, 0.15) is 17.3 Å². The summed E-state index contributed by atoms with van der Waals surface area (Å²) < 4.78 is 10.2. The Hall–Kier alpha value is -2.30. The van der Waals surface area contributed by atoms with Gasteiger partial charge in [0, 0.05) is 10.9 Å². The van der Waals surface area contributed by atoms with Gasteiger partial charge in [0.2, 0.25) is 0 Å². The second kappa shape index (κ2) is 6.67. The van der Waals surface area contributed by atoms with Crippen LogP contribution in [-0.4, -0.2) is 12.6 Å². The van der Waals surface area contributed by atoms with Crippen LogP contribution in [0, 0.1) is 0 Å². The van der Waals surface area contributed by atoms with Crippen LogP contribution in [0.5, 0.6) is 0 Å². The van der Waals surface area contributed by atoms with Crippen molar-refractivity contribution in [3.8, 4) is 11.1 Å². The van der Waals surface area contributed by atoms with Gasteiger partial charge in [0.1, 0.15) is 5.58 Å². The number of rotatable bonds is 3. The molecule has 2 aromatic carbocycles. The summed E-state index contributed by atoms with van der Waals surface area (Å²) in [5.41, 5.74) is 0.703. The van der Waals surface area contributed by atoms with E-state index in [-0.39, 0.29) is 27.8 Å². The van der Waals surface area contributed by atoms with Crippen LogP contribution in [-0.2, 0) is 4.74 Å². The maximum absolute atomic E-state index is 12.3. The second-order valence-corrected chi connectivity index (χ2v) is 5.84. The Balaban J connectivity index is 2.18. The van der Waals surface area contributed by atoms with Crippen molar-refractivity contribution in [3.63, 3.8) is 0 Å². The number of esters is 1. The van der Waals surface area contributed by atoms with Crippen molar-refractivity contribution in [3.05, 3.63) is 68.5 Å². The summed E-state index contributed by atoms with van der Waals surface area (Å²) in [6.07, 6.45) is 0. The largest absolute Gasteiger partial charge is 0.462 e. The fraction of sp³-hybridized carbons (Fsp3) is 0.111. The molecule has 0 aliphatic heterocycles. The summed E-state index contributed by atoms with van der Waals surface area (Å²) in [6, 6.07) is 11.6. The molecular formula is C18H12Cl2O4. The Morgan fingerprint density at radius 3 is 2.46 bits per heavy atom. The van der Waals surface area contributed by atoms with Gasteiger partial charge in [-0.3, -0.25) is 0 Å². The van der Waals surface area contributed by atoms with Crippen molar-refractivity contribution >= 4 is 40.1 Å². The molecule has 1 aromatic heterocycles. The molecule has 24 heavy (non-hydrogen) atoms. The molecule has 3 aromatic rings. The number of para-hydroxylation sites is 1. The van der Waals surface area contributed by atoms with Gasteiger partial charge in [-0.25, -0.2) is 9.59 Å². The number of ether oxygens (including phenoxy) is 1. The number of hydrogen-bond donors (Lipinski definition) is 0. The van der Waals surface area contributed by atoms with Crippen molar-refractivity contribution in [2.75, 3.05) is 6.61 Å². The van der Waals surface area contributed by atoms with Crippen LogP contribution in [0.25, 0.3) is 22.1 Å². The van der Waals surface area contributed by atoms with Crippen LogP contribution in [0.15, 0.2) is 51.7 Å². The molecule has 3 rings (SSSR count). The first-order chi connectivity index (χ1) is 11.5. The lowest BCUT2D eigenvalue weighted by Gasteiger charge is -2.10. The molecule has 122 valence electrons. The van der Waals surface area contributed by atoms with Crippen LogP contribution in [0.3, 0.4) is 0 Å². The lowest BCUT2D eigenvalue weighted by atomic mass is 10.0. The zero-order valence-corrected chi connectivity index (χ0v) is 14.1. The minimum Gasteiger partial charge on any atom is -0.462 e. The summed E-state index contributed by atoms with van der Waals surface area (Å²) in [4.78, 5) is 24.1. The maximum Gasteiger partial charge on any atom is 0.344 e. The molecule has 0 saturated carbocycles. The van der Waals surface area contributed by atoms with E-state index < -0.39 is 11.6 Å². The SMILES string of the molecule is CCOC(=O)c1cc(Cl)c(-c2cc3ccccc3oc2=O)c(Cl)c1. The number of hydrogen-bond acceptors (Lipinski definition) is 4. The van der Waals surface area contributed by atoms with Gasteiger partial charge >= 0.3 is 11.6 Å². The highest BCUT2D eigenvalue weighted by Gasteiger charge is 2.18. The number of carbonyl (C=O) groups excluding carboxylic acids is 1. The summed E-state index contributed by atoms with van der Waals surface area (Å²) >= 11 is 12.5. The third-order valence-electron chi connectivity index (χ3n) is 3.46. The van der Waals surface area contributed by atoms with Crippen molar-refractivity contribution in [1.29, 1.82) is 0 Å². The maximum atomic E-state index is 12.3. The van der Waals surface area contributed by atoms with E-state index in [9.17, 15) is 9.59 Å². The molecule has 0 atom stereocenters. The van der Waals surface area contributed by atoms with E-state index in [0.717, 1.165) is 5.39 Å². The smallest absolute Gasteiger partial charge is 0.344 e. The third kappa shape index (κ3) is 3.03. The molecule has 0 N–H and O–H groups in total. The number of benzene rings is 2. The van der Waals surface area contributed by atoms with Gasteiger partial charge < -0.3 is 9.15 Å². The lowest BCUT2D eigenvalue weighted by molar-refractivity contribution is 0.0526. The van der Waals surface area contributed by atoms with E-state index in [4.69, 9.17) is 32.4 Å². The van der Waals surface area contributed by atoms with Gasteiger partial charge in [-0.05, 0) is 31.2 Å². The van der Waals surface area contributed by atoms with Crippen molar-refractivity contribution in [2.24, 2.45) is 0 Å². The zero-order valence-electron chi connectivity index (χ0n) is 12.6. The van der Waals surface area contributed by atoms with E-state index >= 15 is 0 Å². The predicted octanol–water partition coefficient (Wildman–Crippen LogP) is 4.94. The zero-order chi connectivity index (χ0) is 17.3. The van der Waals surface area contributed by atoms with Crippen molar-refractivity contribution in [1.82, 2.24) is 0 Å². The first-order valence-corrected chi connectivity index (χ1v) is 7.96. The number of halogens is 2. The first-order valence-electron chi connectivity index (χ1n) is 7.20. The van der Waals surface area contributed by atoms with E-state index in [1.54, 1.807) is 25.1 Å². The minimum atomic E-state index is -0.554. The average molecular weight is 363 g/mol. The van der Waals surface area contributed by atoms with Gasteiger partial charge in [0.15, 0.2) is 0 Å². The summed E-state index contributed by atoms with van der Waals surface area (Å²) in [6.45, 7) is 1.94. The molecule has 0 aliphatic rings. The normalized spacial score (nSPS) is 10.8. The van der Waals surface area contributed by atoms with Crippen molar-refractivity contribution < 1.29 is 13.9 Å². The summed E-state index contributed by atoms with van der Waals surface area (Å²) in [5.74, 6) is -0.529. The van der Waals surface area contributed by atoms with Crippen LogP contribution in [0.2, 0.25) is 10.0 Å².